The van der Waals surface area contributed by atoms with Crippen molar-refractivity contribution in [1.29, 1.82) is 0 Å². The summed E-state index contributed by atoms with van der Waals surface area (Å²) in [4.78, 5) is 0. The fraction of sp³-hybridized carbons (Fsp3) is 0.400. The summed E-state index contributed by atoms with van der Waals surface area (Å²) in [6.45, 7) is 2.69. The highest BCUT2D eigenvalue weighted by molar-refractivity contribution is 6.48. The monoisotopic (exact) mass is 300 g/mol. The van der Waals surface area contributed by atoms with Crippen molar-refractivity contribution in [3.63, 3.8) is 0 Å². The standard InChI is InChI=1S/C10H8Cl4O2/c1-10(15-2-3-16-10)7-8(13)5(11)4-6(12)9(7)14/h4H,2-3H2,1H3. The number of benzene rings is 1. The number of hydrogen-bond donors (Lipinski definition) is 0. The molecule has 2 nitrogen and oxygen atoms in total. The fourth-order valence-electron chi connectivity index (χ4n) is 1.63. The van der Waals surface area contributed by atoms with Gasteiger partial charge in [0.1, 0.15) is 0 Å². The van der Waals surface area contributed by atoms with Crippen molar-refractivity contribution in [2.24, 2.45) is 0 Å². The number of ether oxygens (including phenoxy) is 2. The van der Waals surface area contributed by atoms with Gasteiger partial charge < -0.3 is 9.47 Å². The van der Waals surface area contributed by atoms with Crippen molar-refractivity contribution in [3.05, 3.63) is 31.7 Å². The topological polar surface area (TPSA) is 18.5 Å². The van der Waals surface area contributed by atoms with Crippen molar-refractivity contribution in [3.8, 4) is 0 Å². The third-order valence-electron chi connectivity index (χ3n) is 2.40. The molecule has 1 fully saturated rings. The van der Waals surface area contributed by atoms with Crippen molar-refractivity contribution >= 4 is 46.4 Å². The van der Waals surface area contributed by atoms with E-state index in [-0.39, 0.29) is 0 Å². The van der Waals surface area contributed by atoms with Gasteiger partial charge in [0.15, 0.2) is 5.79 Å². The molecule has 0 atom stereocenters. The second-order valence-electron chi connectivity index (χ2n) is 3.49. The minimum atomic E-state index is -0.983. The van der Waals surface area contributed by atoms with Crippen molar-refractivity contribution in [2.75, 3.05) is 13.2 Å². The van der Waals surface area contributed by atoms with Crippen LogP contribution in [-0.4, -0.2) is 13.2 Å². The van der Waals surface area contributed by atoms with E-state index in [2.05, 4.69) is 0 Å². The summed E-state index contributed by atoms with van der Waals surface area (Å²) >= 11 is 24.1. The molecule has 0 radical (unpaired) electrons. The minimum absolute atomic E-state index is 0.306. The smallest absolute Gasteiger partial charge is 0.195 e. The van der Waals surface area contributed by atoms with E-state index in [0.717, 1.165) is 0 Å². The third kappa shape index (κ3) is 2.03. The summed E-state index contributed by atoms with van der Waals surface area (Å²) in [6, 6.07) is 1.50. The fourth-order valence-corrected chi connectivity index (χ4v) is 2.78. The molecule has 1 aliphatic rings. The van der Waals surface area contributed by atoms with Gasteiger partial charge in [0.2, 0.25) is 0 Å². The van der Waals surface area contributed by atoms with Crippen LogP contribution in [0.1, 0.15) is 12.5 Å². The van der Waals surface area contributed by atoms with Crippen LogP contribution in [0.15, 0.2) is 6.07 Å². The van der Waals surface area contributed by atoms with E-state index in [1.807, 2.05) is 0 Å². The molecular formula is C10H8Cl4O2. The molecule has 6 heteroatoms. The Balaban J connectivity index is 2.63. The predicted octanol–water partition coefficient (Wildman–Crippen LogP) is 4.52. The Morgan fingerprint density at radius 1 is 1.00 bits per heavy atom. The first kappa shape index (κ1) is 12.7. The first-order valence-electron chi connectivity index (χ1n) is 4.57. The Bertz CT molecular complexity index is 401. The zero-order valence-corrected chi connectivity index (χ0v) is 11.3. The highest BCUT2D eigenvalue weighted by Crippen LogP contribution is 2.45. The van der Waals surface area contributed by atoms with Crippen LogP contribution in [0.2, 0.25) is 20.1 Å². The Morgan fingerprint density at radius 2 is 1.44 bits per heavy atom. The summed E-state index contributed by atoms with van der Waals surface area (Å²) < 4.78 is 11.0. The van der Waals surface area contributed by atoms with Crippen molar-refractivity contribution in [1.82, 2.24) is 0 Å². The molecule has 1 heterocycles. The molecule has 0 amide bonds. The lowest BCUT2D eigenvalue weighted by molar-refractivity contribution is -0.149. The molecule has 16 heavy (non-hydrogen) atoms. The van der Waals surface area contributed by atoms with Gasteiger partial charge >= 0.3 is 0 Å². The Kier molecular flexibility index (Phi) is 3.60. The average Bonchev–Trinajstić information content (AvgIpc) is 2.63. The van der Waals surface area contributed by atoms with Gasteiger partial charge in [0.05, 0.1) is 38.9 Å². The normalized spacial score (nSPS) is 19.1. The van der Waals surface area contributed by atoms with Crippen LogP contribution in [0, 0.1) is 0 Å². The van der Waals surface area contributed by atoms with E-state index >= 15 is 0 Å². The summed E-state index contributed by atoms with van der Waals surface area (Å²) in [6.07, 6.45) is 0. The molecule has 0 spiro atoms. The maximum atomic E-state index is 6.11. The first-order valence-corrected chi connectivity index (χ1v) is 6.08. The van der Waals surface area contributed by atoms with E-state index in [1.165, 1.54) is 6.07 Å². The van der Waals surface area contributed by atoms with E-state index in [0.29, 0.717) is 38.9 Å². The lowest BCUT2D eigenvalue weighted by Gasteiger charge is -2.25. The van der Waals surface area contributed by atoms with Gasteiger partial charge in [-0.1, -0.05) is 46.4 Å². The van der Waals surface area contributed by atoms with Gasteiger partial charge in [-0.05, 0) is 13.0 Å². The minimum Gasteiger partial charge on any atom is -0.344 e. The molecule has 88 valence electrons. The highest BCUT2D eigenvalue weighted by atomic mass is 35.5. The number of halogens is 4. The van der Waals surface area contributed by atoms with Crippen LogP contribution >= 0.6 is 46.4 Å². The molecule has 2 rings (SSSR count). The predicted molar refractivity (Wildman–Crippen MR) is 65.7 cm³/mol. The quantitative estimate of drug-likeness (QED) is 0.710. The van der Waals surface area contributed by atoms with Gasteiger partial charge in [-0.25, -0.2) is 0 Å². The third-order valence-corrected chi connectivity index (χ3v) is 3.98. The van der Waals surface area contributed by atoms with Crippen LogP contribution in [0.3, 0.4) is 0 Å². The van der Waals surface area contributed by atoms with E-state index < -0.39 is 5.79 Å². The second kappa shape index (κ2) is 4.52. The lowest BCUT2D eigenvalue weighted by Crippen LogP contribution is -2.23. The molecule has 0 unspecified atom stereocenters. The van der Waals surface area contributed by atoms with E-state index in [1.54, 1.807) is 6.92 Å². The molecule has 0 aromatic heterocycles. The molecular weight excluding hydrogens is 294 g/mol. The zero-order valence-electron chi connectivity index (χ0n) is 8.32. The summed E-state index contributed by atoms with van der Waals surface area (Å²) in [5.41, 5.74) is 0.478. The van der Waals surface area contributed by atoms with Gasteiger partial charge in [0.25, 0.3) is 0 Å². The zero-order chi connectivity index (χ0) is 11.9. The summed E-state index contributed by atoms with van der Waals surface area (Å²) in [5.74, 6) is -0.983. The largest absolute Gasteiger partial charge is 0.344 e. The van der Waals surface area contributed by atoms with Gasteiger partial charge in [0, 0.05) is 0 Å². The Hall–Kier alpha value is 0.300. The molecule has 1 saturated heterocycles. The number of rotatable bonds is 1. The molecule has 0 N–H and O–H groups in total. The van der Waals surface area contributed by atoms with Crippen LogP contribution in [0.4, 0.5) is 0 Å². The lowest BCUT2D eigenvalue weighted by atomic mass is 10.1. The molecule has 0 aliphatic carbocycles. The molecule has 1 aliphatic heterocycles. The number of hydrogen-bond acceptors (Lipinski definition) is 2. The summed E-state index contributed by atoms with van der Waals surface area (Å²) in [5, 5.41) is 1.26. The van der Waals surface area contributed by atoms with Gasteiger partial charge in [-0.3, -0.25) is 0 Å². The van der Waals surface area contributed by atoms with Gasteiger partial charge in [-0.2, -0.15) is 0 Å². The van der Waals surface area contributed by atoms with Crippen LogP contribution in [0.5, 0.6) is 0 Å². The van der Waals surface area contributed by atoms with E-state index in [4.69, 9.17) is 55.9 Å². The molecule has 0 bridgehead atoms. The Morgan fingerprint density at radius 3 is 1.88 bits per heavy atom. The van der Waals surface area contributed by atoms with Gasteiger partial charge in [-0.15, -0.1) is 0 Å². The van der Waals surface area contributed by atoms with Crippen molar-refractivity contribution in [2.45, 2.75) is 12.7 Å². The highest BCUT2D eigenvalue weighted by Gasteiger charge is 2.38. The Labute approximate surface area is 113 Å². The first-order chi connectivity index (χ1) is 7.46. The van der Waals surface area contributed by atoms with Crippen LogP contribution in [0.25, 0.3) is 0 Å². The maximum absolute atomic E-state index is 6.11. The maximum Gasteiger partial charge on any atom is 0.195 e. The van der Waals surface area contributed by atoms with Crippen molar-refractivity contribution < 1.29 is 9.47 Å². The second-order valence-corrected chi connectivity index (χ2v) is 5.06. The molecule has 0 saturated carbocycles. The molecule has 1 aromatic carbocycles. The van der Waals surface area contributed by atoms with E-state index in [9.17, 15) is 0 Å². The SMILES string of the molecule is CC1(c2c(Cl)c(Cl)cc(Cl)c2Cl)OCCO1. The summed E-state index contributed by atoms with van der Waals surface area (Å²) in [7, 11) is 0. The van der Waals surface area contributed by atoms with Crippen LogP contribution in [-0.2, 0) is 15.3 Å². The molecule has 1 aromatic rings. The average molecular weight is 302 g/mol. The van der Waals surface area contributed by atoms with Crippen LogP contribution < -0.4 is 0 Å².